The molecular weight excluding hydrogens is 262 g/mol. The van der Waals surface area contributed by atoms with Gasteiger partial charge in [-0.15, -0.1) is 0 Å². The standard InChI is InChI=1S/C14H21NO3S/c1-3-11(16)9-10-15-14(17)12-7-5-6-8-13(12)19(18)4-2/h5-8,11,16H,3-4,9-10H2,1-2H3,(H,15,17). The number of rotatable bonds is 7. The van der Waals surface area contributed by atoms with E-state index in [4.69, 9.17) is 0 Å². The van der Waals surface area contributed by atoms with Gasteiger partial charge in [0.25, 0.3) is 5.91 Å². The molecule has 0 saturated heterocycles. The summed E-state index contributed by atoms with van der Waals surface area (Å²) in [4.78, 5) is 12.6. The van der Waals surface area contributed by atoms with Crippen LogP contribution in [0.3, 0.4) is 0 Å². The summed E-state index contributed by atoms with van der Waals surface area (Å²) in [6, 6.07) is 6.93. The second-order valence-corrected chi connectivity index (χ2v) is 5.95. The lowest BCUT2D eigenvalue weighted by Gasteiger charge is -2.11. The van der Waals surface area contributed by atoms with Gasteiger partial charge >= 0.3 is 0 Å². The summed E-state index contributed by atoms with van der Waals surface area (Å²) in [7, 11) is -1.15. The van der Waals surface area contributed by atoms with Crippen molar-refractivity contribution in [2.45, 2.75) is 37.7 Å². The molecule has 0 spiro atoms. The molecule has 0 aromatic heterocycles. The number of aliphatic hydroxyl groups is 1. The lowest BCUT2D eigenvalue weighted by Crippen LogP contribution is -2.28. The van der Waals surface area contributed by atoms with Gasteiger partial charge in [0.15, 0.2) is 0 Å². The van der Waals surface area contributed by atoms with E-state index in [1.54, 1.807) is 24.3 Å². The quantitative estimate of drug-likeness (QED) is 0.800. The van der Waals surface area contributed by atoms with E-state index in [2.05, 4.69) is 5.32 Å². The Morgan fingerprint density at radius 2 is 2.05 bits per heavy atom. The average Bonchev–Trinajstić information content (AvgIpc) is 2.45. The summed E-state index contributed by atoms with van der Waals surface area (Å²) in [6.45, 7) is 4.13. The third-order valence-electron chi connectivity index (χ3n) is 2.87. The van der Waals surface area contributed by atoms with E-state index in [1.165, 1.54) is 0 Å². The molecule has 0 bridgehead atoms. The highest BCUT2D eigenvalue weighted by Crippen LogP contribution is 2.13. The Balaban J connectivity index is 2.69. The maximum atomic E-state index is 12.0. The third kappa shape index (κ3) is 4.76. The molecule has 2 N–H and O–H groups in total. The molecule has 4 nitrogen and oxygen atoms in total. The first-order chi connectivity index (χ1) is 9.10. The van der Waals surface area contributed by atoms with Crippen LogP contribution in [0, 0.1) is 0 Å². The van der Waals surface area contributed by atoms with Gasteiger partial charge in [-0.25, -0.2) is 0 Å². The zero-order chi connectivity index (χ0) is 14.3. The van der Waals surface area contributed by atoms with Crippen LogP contribution in [0.15, 0.2) is 29.2 Å². The van der Waals surface area contributed by atoms with Crippen LogP contribution in [0.25, 0.3) is 0 Å². The van der Waals surface area contributed by atoms with Crippen LogP contribution in [-0.2, 0) is 10.8 Å². The maximum Gasteiger partial charge on any atom is 0.252 e. The fourth-order valence-electron chi connectivity index (χ4n) is 1.66. The molecule has 0 heterocycles. The Morgan fingerprint density at radius 3 is 2.68 bits per heavy atom. The fourth-order valence-corrected chi connectivity index (χ4v) is 2.61. The molecular formula is C14H21NO3S. The highest BCUT2D eigenvalue weighted by atomic mass is 32.2. The molecule has 2 unspecified atom stereocenters. The van der Waals surface area contributed by atoms with Gasteiger partial charge in [0.1, 0.15) is 0 Å². The molecule has 5 heteroatoms. The Bertz CT molecular complexity index is 448. The topological polar surface area (TPSA) is 66.4 Å². The van der Waals surface area contributed by atoms with E-state index >= 15 is 0 Å². The first kappa shape index (κ1) is 15.9. The van der Waals surface area contributed by atoms with Crippen molar-refractivity contribution in [3.05, 3.63) is 29.8 Å². The minimum Gasteiger partial charge on any atom is -0.393 e. The second-order valence-electron chi connectivity index (χ2n) is 4.24. The molecule has 106 valence electrons. The van der Waals surface area contributed by atoms with Crippen LogP contribution >= 0.6 is 0 Å². The third-order valence-corrected chi connectivity index (χ3v) is 4.24. The first-order valence-corrected chi connectivity index (χ1v) is 7.85. The summed E-state index contributed by atoms with van der Waals surface area (Å²) < 4.78 is 11.9. The maximum absolute atomic E-state index is 12.0. The molecule has 0 radical (unpaired) electrons. The Labute approximate surface area is 116 Å². The van der Waals surface area contributed by atoms with Gasteiger partial charge in [-0.1, -0.05) is 26.0 Å². The second kappa shape index (κ2) is 8.07. The Hall–Kier alpha value is -1.20. The zero-order valence-electron chi connectivity index (χ0n) is 11.4. The minimum absolute atomic E-state index is 0.235. The van der Waals surface area contributed by atoms with E-state index < -0.39 is 10.8 Å². The van der Waals surface area contributed by atoms with Crippen molar-refractivity contribution in [1.29, 1.82) is 0 Å². The van der Waals surface area contributed by atoms with E-state index in [0.29, 0.717) is 35.6 Å². The molecule has 0 aliphatic heterocycles. The SMILES string of the molecule is CCC(O)CCNC(=O)c1ccccc1S(=O)CC. The highest BCUT2D eigenvalue weighted by molar-refractivity contribution is 7.85. The fraction of sp³-hybridized carbons (Fsp3) is 0.500. The first-order valence-electron chi connectivity index (χ1n) is 6.53. The molecule has 0 fully saturated rings. The number of amides is 1. The predicted octanol–water partition coefficient (Wildman–Crippen LogP) is 1.70. The number of benzene rings is 1. The van der Waals surface area contributed by atoms with Crippen molar-refractivity contribution in [2.24, 2.45) is 0 Å². The van der Waals surface area contributed by atoms with Gasteiger partial charge in [-0.05, 0) is 25.0 Å². The largest absolute Gasteiger partial charge is 0.393 e. The van der Waals surface area contributed by atoms with Crippen molar-refractivity contribution in [2.75, 3.05) is 12.3 Å². The van der Waals surface area contributed by atoms with Gasteiger partial charge in [-0.2, -0.15) is 0 Å². The summed E-state index contributed by atoms with van der Waals surface area (Å²) in [5, 5.41) is 12.2. The number of hydrogen-bond acceptors (Lipinski definition) is 3. The van der Waals surface area contributed by atoms with Crippen LogP contribution in [0.5, 0.6) is 0 Å². The Morgan fingerprint density at radius 1 is 1.37 bits per heavy atom. The van der Waals surface area contributed by atoms with Crippen LogP contribution in [0.4, 0.5) is 0 Å². The van der Waals surface area contributed by atoms with E-state index in [0.717, 1.165) is 0 Å². The molecule has 19 heavy (non-hydrogen) atoms. The van der Waals surface area contributed by atoms with Crippen molar-refractivity contribution in [1.82, 2.24) is 5.32 Å². The van der Waals surface area contributed by atoms with Crippen molar-refractivity contribution in [3.8, 4) is 0 Å². The molecule has 1 rings (SSSR count). The number of aliphatic hydroxyl groups excluding tert-OH is 1. The van der Waals surface area contributed by atoms with Gasteiger partial charge in [0.2, 0.25) is 0 Å². The number of hydrogen-bond donors (Lipinski definition) is 2. The molecule has 0 aliphatic carbocycles. The van der Waals surface area contributed by atoms with Gasteiger partial charge in [-0.3, -0.25) is 9.00 Å². The van der Waals surface area contributed by atoms with E-state index in [-0.39, 0.29) is 12.0 Å². The van der Waals surface area contributed by atoms with Gasteiger partial charge < -0.3 is 10.4 Å². The Kier molecular flexibility index (Phi) is 6.73. The summed E-state index contributed by atoms with van der Waals surface area (Å²) in [6.07, 6.45) is 0.813. The average molecular weight is 283 g/mol. The summed E-state index contributed by atoms with van der Waals surface area (Å²) in [5.41, 5.74) is 0.452. The van der Waals surface area contributed by atoms with E-state index in [9.17, 15) is 14.1 Å². The smallest absolute Gasteiger partial charge is 0.252 e. The van der Waals surface area contributed by atoms with Crippen molar-refractivity contribution in [3.63, 3.8) is 0 Å². The van der Waals surface area contributed by atoms with E-state index in [1.807, 2.05) is 13.8 Å². The van der Waals surface area contributed by atoms with Crippen molar-refractivity contribution >= 4 is 16.7 Å². The van der Waals surface area contributed by atoms with Crippen molar-refractivity contribution < 1.29 is 14.1 Å². The van der Waals surface area contributed by atoms with Gasteiger partial charge in [0.05, 0.1) is 27.4 Å². The molecule has 1 aromatic carbocycles. The normalized spacial score (nSPS) is 13.8. The highest BCUT2D eigenvalue weighted by Gasteiger charge is 2.14. The summed E-state index contributed by atoms with van der Waals surface area (Å²) in [5.74, 6) is 0.250. The summed E-state index contributed by atoms with van der Waals surface area (Å²) >= 11 is 0. The molecule has 1 amide bonds. The van der Waals surface area contributed by atoms with Crippen LogP contribution in [0.2, 0.25) is 0 Å². The molecule has 0 saturated carbocycles. The minimum atomic E-state index is -1.15. The van der Waals surface area contributed by atoms with Crippen LogP contribution in [-0.4, -0.2) is 33.6 Å². The predicted molar refractivity (Wildman–Crippen MR) is 76.6 cm³/mol. The lowest BCUT2D eigenvalue weighted by atomic mass is 10.2. The zero-order valence-corrected chi connectivity index (χ0v) is 12.2. The van der Waals surface area contributed by atoms with Crippen LogP contribution in [0.1, 0.15) is 37.0 Å². The van der Waals surface area contributed by atoms with Crippen LogP contribution < -0.4 is 5.32 Å². The molecule has 2 atom stereocenters. The number of carbonyl (C=O) groups excluding carboxylic acids is 1. The monoisotopic (exact) mass is 283 g/mol. The lowest BCUT2D eigenvalue weighted by molar-refractivity contribution is 0.0939. The molecule has 0 aliphatic rings. The number of nitrogens with one attached hydrogen (secondary N) is 1. The molecule has 1 aromatic rings. The number of carbonyl (C=O) groups is 1. The van der Waals surface area contributed by atoms with Gasteiger partial charge in [0, 0.05) is 12.3 Å².